The molecule has 9 heteroatoms. The lowest BCUT2D eigenvalue weighted by atomic mass is 10.5. The Labute approximate surface area is 127 Å². The predicted octanol–water partition coefficient (Wildman–Crippen LogP) is 0.684. The Morgan fingerprint density at radius 2 is 2.29 bits per heavy atom. The Balaban J connectivity index is 1.99. The molecule has 1 saturated heterocycles. The lowest BCUT2D eigenvalue weighted by Crippen LogP contribution is -2.49. The summed E-state index contributed by atoms with van der Waals surface area (Å²) in [4.78, 5) is 20.2. The molecule has 0 atom stereocenters. The molecular formula is C12H18N4O4S. The second kappa shape index (κ2) is 8.01. The summed E-state index contributed by atoms with van der Waals surface area (Å²) < 4.78 is 15.5. The van der Waals surface area contributed by atoms with E-state index in [0.29, 0.717) is 43.6 Å². The van der Waals surface area contributed by atoms with Gasteiger partial charge in [-0.3, -0.25) is 5.43 Å². The van der Waals surface area contributed by atoms with Crippen molar-refractivity contribution in [1.82, 2.24) is 20.4 Å². The average Bonchev–Trinajstić information content (AvgIpc) is 2.49. The summed E-state index contributed by atoms with van der Waals surface area (Å²) in [6, 6.07) is 0. The third-order valence-electron chi connectivity index (χ3n) is 2.72. The van der Waals surface area contributed by atoms with Crippen LogP contribution in [0.25, 0.3) is 0 Å². The van der Waals surface area contributed by atoms with Gasteiger partial charge in [0.15, 0.2) is 5.75 Å². The van der Waals surface area contributed by atoms with Crippen LogP contribution < -0.4 is 14.9 Å². The Kier molecular flexibility index (Phi) is 6.03. The number of hydrogen-bond acceptors (Lipinski definition) is 8. The first-order valence-corrected chi connectivity index (χ1v) is 7.82. The zero-order valence-corrected chi connectivity index (χ0v) is 12.8. The summed E-state index contributed by atoms with van der Waals surface area (Å²) in [7, 11) is 1.47. The SMILES string of the molecule is COc1cnc(CSC)nc1OC(=O)NN1CCOCC1. The maximum Gasteiger partial charge on any atom is 0.428 e. The molecule has 2 rings (SSSR count). The van der Waals surface area contributed by atoms with Crippen LogP contribution in [0.3, 0.4) is 0 Å². The number of hydrazine groups is 1. The molecule has 0 aromatic carbocycles. The van der Waals surface area contributed by atoms with Crippen molar-refractivity contribution in [2.45, 2.75) is 5.75 Å². The number of aromatic nitrogens is 2. The molecule has 0 saturated carbocycles. The van der Waals surface area contributed by atoms with E-state index >= 15 is 0 Å². The lowest BCUT2D eigenvalue weighted by Gasteiger charge is -2.26. The van der Waals surface area contributed by atoms with Crippen molar-refractivity contribution in [3.05, 3.63) is 12.0 Å². The first-order chi connectivity index (χ1) is 10.2. The van der Waals surface area contributed by atoms with Gasteiger partial charge in [-0.2, -0.15) is 16.7 Å². The first kappa shape index (κ1) is 15.8. The summed E-state index contributed by atoms with van der Waals surface area (Å²) in [5.74, 6) is 1.64. The zero-order chi connectivity index (χ0) is 15.1. The molecule has 116 valence electrons. The number of methoxy groups -OCH3 is 1. The summed E-state index contributed by atoms with van der Waals surface area (Å²) in [5, 5.41) is 1.74. The molecule has 1 aromatic rings. The topological polar surface area (TPSA) is 85.8 Å². The summed E-state index contributed by atoms with van der Waals surface area (Å²) in [6.45, 7) is 2.39. The fraction of sp³-hybridized carbons (Fsp3) is 0.583. The molecule has 2 heterocycles. The smallest absolute Gasteiger partial charge is 0.428 e. The third-order valence-corrected chi connectivity index (χ3v) is 3.26. The monoisotopic (exact) mass is 314 g/mol. The number of morpholine rings is 1. The highest BCUT2D eigenvalue weighted by molar-refractivity contribution is 7.97. The maximum absolute atomic E-state index is 11.9. The standard InChI is InChI=1S/C12H18N4O4S/c1-18-9-7-13-10(8-21-2)14-11(9)20-12(17)15-16-3-5-19-6-4-16/h7H,3-6,8H2,1-2H3,(H,15,17). The van der Waals surface area contributed by atoms with E-state index in [0.717, 1.165) is 0 Å². The molecule has 1 fully saturated rings. The van der Waals surface area contributed by atoms with Crippen LogP contribution in [-0.4, -0.2) is 60.7 Å². The van der Waals surface area contributed by atoms with Gasteiger partial charge in [0.05, 0.1) is 32.3 Å². The number of ether oxygens (including phenoxy) is 3. The van der Waals surface area contributed by atoms with Gasteiger partial charge in [-0.05, 0) is 6.26 Å². The molecule has 1 aliphatic rings. The average molecular weight is 314 g/mol. The third kappa shape index (κ3) is 4.73. The Bertz CT molecular complexity index is 482. The van der Waals surface area contributed by atoms with Crippen LogP contribution in [0.2, 0.25) is 0 Å². The van der Waals surface area contributed by atoms with E-state index in [1.165, 1.54) is 13.3 Å². The van der Waals surface area contributed by atoms with Crippen LogP contribution in [0.15, 0.2) is 6.20 Å². The Morgan fingerprint density at radius 1 is 1.52 bits per heavy atom. The van der Waals surface area contributed by atoms with Gasteiger partial charge in [0.2, 0.25) is 0 Å². The molecule has 1 aromatic heterocycles. The molecule has 1 amide bonds. The van der Waals surface area contributed by atoms with Gasteiger partial charge in [0.25, 0.3) is 5.88 Å². The minimum Gasteiger partial charge on any atom is -0.490 e. The second-order valence-corrected chi connectivity index (χ2v) is 5.06. The van der Waals surface area contributed by atoms with Crippen molar-refractivity contribution in [1.29, 1.82) is 0 Å². The highest BCUT2D eigenvalue weighted by Crippen LogP contribution is 2.23. The number of hydrogen-bond donors (Lipinski definition) is 1. The second-order valence-electron chi connectivity index (χ2n) is 4.19. The van der Waals surface area contributed by atoms with Crippen molar-refractivity contribution in [3.63, 3.8) is 0 Å². The van der Waals surface area contributed by atoms with Crippen molar-refractivity contribution < 1.29 is 19.0 Å². The van der Waals surface area contributed by atoms with E-state index in [1.54, 1.807) is 16.8 Å². The quantitative estimate of drug-likeness (QED) is 0.849. The predicted molar refractivity (Wildman–Crippen MR) is 77.4 cm³/mol. The van der Waals surface area contributed by atoms with E-state index in [2.05, 4.69) is 15.4 Å². The van der Waals surface area contributed by atoms with E-state index in [-0.39, 0.29) is 5.88 Å². The molecule has 0 unspecified atom stereocenters. The highest BCUT2D eigenvalue weighted by atomic mass is 32.2. The van der Waals surface area contributed by atoms with Crippen LogP contribution in [0.5, 0.6) is 11.6 Å². The number of amides is 1. The van der Waals surface area contributed by atoms with E-state index in [1.807, 2.05) is 6.26 Å². The molecular weight excluding hydrogens is 296 g/mol. The largest absolute Gasteiger partial charge is 0.490 e. The van der Waals surface area contributed by atoms with Crippen molar-refractivity contribution in [3.8, 4) is 11.6 Å². The number of carbonyl (C=O) groups excluding carboxylic acids is 1. The molecule has 21 heavy (non-hydrogen) atoms. The van der Waals surface area contributed by atoms with Gasteiger partial charge in [0, 0.05) is 13.1 Å². The van der Waals surface area contributed by atoms with Crippen LogP contribution in [0.1, 0.15) is 5.82 Å². The molecule has 1 aliphatic heterocycles. The fourth-order valence-electron chi connectivity index (χ4n) is 1.72. The maximum atomic E-state index is 11.9. The molecule has 0 bridgehead atoms. The van der Waals surface area contributed by atoms with Gasteiger partial charge in [-0.25, -0.2) is 14.8 Å². The van der Waals surface area contributed by atoms with Gasteiger partial charge in [-0.1, -0.05) is 0 Å². The summed E-state index contributed by atoms with van der Waals surface area (Å²) in [6.07, 6.45) is 2.83. The summed E-state index contributed by atoms with van der Waals surface area (Å²) >= 11 is 1.58. The van der Waals surface area contributed by atoms with Crippen LogP contribution in [-0.2, 0) is 10.5 Å². The number of carbonyl (C=O) groups is 1. The number of thioether (sulfide) groups is 1. The summed E-state index contributed by atoms with van der Waals surface area (Å²) in [5.41, 5.74) is 2.64. The van der Waals surface area contributed by atoms with E-state index in [9.17, 15) is 4.79 Å². The minimum absolute atomic E-state index is 0.113. The number of nitrogens with one attached hydrogen (secondary N) is 1. The fourth-order valence-corrected chi connectivity index (χ4v) is 2.11. The lowest BCUT2D eigenvalue weighted by molar-refractivity contribution is 0.0150. The number of nitrogens with zero attached hydrogens (tertiary/aromatic N) is 3. The minimum atomic E-state index is -0.607. The van der Waals surface area contributed by atoms with Gasteiger partial charge in [0.1, 0.15) is 5.82 Å². The Morgan fingerprint density at radius 3 is 2.95 bits per heavy atom. The van der Waals surface area contributed by atoms with Crippen molar-refractivity contribution in [2.24, 2.45) is 0 Å². The number of rotatable bonds is 5. The van der Waals surface area contributed by atoms with Gasteiger partial charge < -0.3 is 14.2 Å². The molecule has 0 spiro atoms. The van der Waals surface area contributed by atoms with Gasteiger partial charge in [-0.15, -0.1) is 0 Å². The van der Waals surface area contributed by atoms with E-state index in [4.69, 9.17) is 14.2 Å². The van der Waals surface area contributed by atoms with Crippen LogP contribution in [0.4, 0.5) is 4.79 Å². The zero-order valence-electron chi connectivity index (χ0n) is 12.0. The Hall–Kier alpha value is -1.58. The molecule has 8 nitrogen and oxygen atoms in total. The first-order valence-electron chi connectivity index (χ1n) is 6.43. The van der Waals surface area contributed by atoms with Crippen molar-refractivity contribution >= 4 is 17.9 Å². The normalized spacial score (nSPS) is 15.5. The van der Waals surface area contributed by atoms with Crippen LogP contribution >= 0.6 is 11.8 Å². The highest BCUT2D eigenvalue weighted by Gasteiger charge is 2.17. The van der Waals surface area contributed by atoms with Gasteiger partial charge >= 0.3 is 6.09 Å². The van der Waals surface area contributed by atoms with Crippen LogP contribution in [0, 0.1) is 0 Å². The molecule has 1 N–H and O–H groups in total. The molecule has 0 radical (unpaired) electrons. The molecule has 0 aliphatic carbocycles. The van der Waals surface area contributed by atoms with Crippen molar-refractivity contribution in [2.75, 3.05) is 39.7 Å². The van der Waals surface area contributed by atoms with E-state index < -0.39 is 6.09 Å².